The van der Waals surface area contributed by atoms with Gasteiger partial charge in [0.1, 0.15) is 0 Å². The highest BCUT2D eigenvalue weighted by atomic mass is 35.5. The summed E-state index contributed by atoms with van der Waals surface area (Å²) in [7, 11) is 0. The zero-order chi connectivity index (χ0) is 27.5. The molecule has 196 valence electrons. The number of hydrogen-bond donors (Lipinski definition) is 3. The number of carbonyl (C=O) groups is 2. The van der Waals surface area contributed by atoms with Crippen molar-refractivity contribution in [2.75, 3.05) is 0 Å². The van der Waals surface area contributed by atoms with Gasteiger partial charge in [0.15, 0.2) is 11.5 Å². The number of primary amides is 1. The van der Waals surface area contributed by atoms with E-state index in [1.54, 1.807) is 59.3 Å². The molecule has 2 amide bonds. The molecule has 2 heterocycles. The number of H-pyrrole nitrogens is 1. The van der Waals surface area contributed by atoms with Crippen LogP contribution >= 0.6 is 34.8 Å². The van der Waals surface area contributed by atoms with Gasteiger partial charge in [0, 0.05) is 39.7 Å². The smallest absolute Gasteiger partial charge is 0.272 e. The van der Waals surface area contributed by atoms with Crippen LogP contribution in [0.5, 0.6) is 0 Å². The van der Waals surface area contributed by atoms with E-state index in [-0.39, 0.29) is 18.7 Å². The molecule has 10 nitrogen and oxygen atoms in total. The van der Waals surface area contributed by atoms with Crippen LogP contribution in [0.15, 0.2) is 66.7 Å². The van der Waals surface area contributed by atoms with Gasteiger partial charge in [-0.05, 0) is 48.0 Å². The van der Waals surface area contributed by atoms with Crippen molar-refractivity contribution in [2.24, 2.45) is 5.73 Å². The largest absolute Gasteiger partial charge is 0.366 e. The molecule has 0 spiro atoms. The summed E-state index contributed by atoms with van der Waals surface area (Å²) in [5.41, 5.74) is 8.99. The maximum atomic E-state index is 13.6. The third-order valence-electron chi connectivity index (χ3n) is 5.87. The monoisotopic (exact) mass is 580 g/mol. The molecule has 5 rings (SSSR count). The highest BCUT2D eigenvalue weighted by Gasteiger charge is 2.27. The lowest BCUT2D eigenvalue weighted by molar-refractivity contribution is 0.0943. The van der Waals surface area contributed by atoms with Gasteiger partial charge in [-0.2, -0.15) is 10.3 Å². The normalized spacial score (nSPS) is 10.9. The summed E-state index contributed by atoms with van der Waals surface area (Å²) < 4.78 is 1.59. The van der Waals surface area contributed by atoms with E-state index >= 15 is 0 Å². The number of benzene rings is 3. The topological polar surface area (TPSA) is 144 Å². The Hall–Kier alpha value is -4.25. The van der Waals surface area contributed by atoms with Gasteiger partial charge in [-0.1, -0.05) is 64.3 Å². The van der Waals surface area contributed by atoms with Crippen molar-refractivity contribution in [3.63, 3.8) is 0 Å². The van der Waals surface area contributed by atoms with E-state index in [2.05, 4.69) is 25.9 Å². The van der Waals surface area contributed by atoms with E-state index in [1.165, 1.54) is 0 Å². The van der Waals surface area contributed by atoms with Crippen LogP contribution in [-0.4, -0.2) is 42.2 Å². The molecule has 0 saturated heterocycles. The minimum absolute atomic E-state index is 0.143. The Kier molecular flexibility index (Phi) is 7.60. The van der Waals surface area contributed by atoms with Gasteiger partial charge in [-0.25, -0.2) is 4.68 Å². The van der Waals surface area contributed by atoms with Crippen LogP contribution in [0.25, 0.3) is 16.9 Å². The fourth-order valence-corrected chi connectivity index (χ4v) is 4.61. The molecule has 0 radical (unpaired) electrons. The summed E-state index contributed by atoms with van der Waals surface area (Å²) in [6, 6.07) is 18.8. The molecule has 0 saturated carbocycles. The molecule has 0 bridgehead atoms. The van der Waals surface area contributed by atoms with Gasteiger partial charge in [-0.15, -0.1) is 10.2 Å². The Morgan fingerprint density at radius 1 is 0.949 bits per heavy atom. The van der Waals surface area contributed by atoms with Gasteiger partial charge in [0.2, 0.25) is 5.91 Å². The number of rotatable bonds is 8. The molecule has 0 atom stereocenters. The number of aromatic amines is 1. The average molecular weight is 582 g/mol. The molecule has 4 N–H and O–H groups in total. The van der Waals surface area contributed by atoms with Gasteiger partial charge < -0.3 is 11.1 Å². The van der Waals surface area contributed by atoms with E-state index in [4.69, 9.17) is 45.6 Å². The first-order chi connectivity index (χ1) is 18.8. The molecule has 39 heavy (non-hydrogen) atoms. The standard InChI is InChI=1S/C26H19Cl3N8O2/c27-17-7-5-15(6-8-17)24-19(12-22-32-35-36-33-22)23(34-37(24)21-10-9-18(28)11-20(21)29)26(39)31-13-14-1-3-16(4-2-14)25(30)38/h1-11H,12-13H2,(H2,30,38)(H,31,39)(H,32,33,35,36). The van der Waals surface area contributed by atoms with E-state index < -0.39 is 11.8 Å². The molecular formula is C26H19Cl3N8O2. The first-order valence-corrected chi connectivity index (χ1v) is 12.7. The van der Waals surface area contributed by atoms with Gasteiger partial charge in [0.25, 0.3) is 5.91 Å². The van der Waals surface area contributed by atoms with Gasteiger partial charge >= 0.3 is 0 Å². The summed E-state index contributed by atoms with van der Waals surface area (Å²) in [5.74, 6) is -0.604. The van der Waals surface area contributed by atoms with Crippen molar-refractivity contribution >= 4 is 46.6 Å². The van der Waals surface area contributed by atoms with Crippen LogP contribution in [-0.2, 0) is 13.0 Å². The van der Waals surface area contributed by atoms with E-state index in [0.29, 0.717) is 43.4 Å². The van der Waals surface area contributed by atoms with Gasteiger partial charge in [-0.3, -0.25) is 9.59 Å². The van der Waals surface area contributed by atoms with Crippen molar-refractivity contribution in [1.82, 2.24) is 35.7 Å². The number of carbonyl (C=O) groups excluding carboxylic acids is 2. The van der Waals surface area contributed by atoms with Crippen LogP contribution in [0.4, 0.5) is 0 Å². The van der Waals surface area contributed by atoms with Crippen molar-refractivity contribution in [3.8, 4) is 16.9 Å². The van der Waals surface area contributed by atoms with Crippen molar-refractivity contribution in [2.45, 2.75) is 13.0 Å². The van der Waals surface area contributed by atoms with Crippen molar-refractivity contribution in [3.05, 3.63) is 110 Å². The molecule has 13 heteroatoms. The van der Waals surface area contributed by atoms with E-state index in [9.17, 15) is 9.59 Å². The maximum absolute atomic E-state index is 13.6. The number of nitrogens with two attached hydrogens (primary N) is 1. The second-order valence-corrected chi connectivity index (χ2v) is 9.72. The molecule has 0 unspecified atom stereocenters. The molecule has 0 aliphatic rings. The van der Waals surface area contributed by atoms with Crippen LogP contribution in [0.1, 0.15) is 37.8 Å². The molecule has 0 aliphatic heterocycles. The second-order valence-electron chi connectivity index (χ2n) is 8.44. The number of amides is 2. The fraction of sp³-hybridized carbons (Fsp3) is 0.0769. The first-order valence-electron chi connectivity index (χ1n) is 11.5. The lowest BCUT2D eigenvalue weighted by atomic mass is 10.0. The predicted molar refractivity (Wildman–Crippen MR) is 147 cm³/mol. The Labute approximate surface area is 237 Å². The zero-order valence-corrected chi connectivity index (χ0v) is 22.3. The number of hydrogen-bond acceptors (Lipinski definition) is 6. The summed E-state index contributed by atoms with van der Waals surface area (Å²) in [4.78, 5) is 24.9. The van der Waals surface area contributed by atoms with Crippen LogP contribution in [0.3, 0.4) is 0 Å². The minimum atomic E-state index is -0.530. The number of halogens is 3. The molecule has 0 aliphatic carbocycles. The van der Waals surface area contributed by atoms with Crippen molar-refractivity contribution < 1.29 is 9.59 Å². The fourth-order valence-electron chi connectivity index (χ4n) is 4.00. The zero-order valence-electron chi connectivity index (χ0n) is 20.0. The third kappa shape index (κ3) is 5.78. The molecule has 5 aromatic rings. The van der Waals surface area contributed by atoms with Crippen molar-refractivity contribution in [1.29, 1.82) is 0 Å². The molecule has 3 aromatic carbocycles. The lowest BCUT2D eigenvalue weighted by Crippen LogP contribution is -2.24. The highest BCUT2D eigenvalue weighted by molar-refractivity contribution is 6.35. The molecular weight excluding hydrogens is 563 g/mol. The summed E-state index contributed by atoms with van der Waals surface area (Å²) in [6.45, 7) is 0.185. The Bertz CT molecular complexity index is 1650. The highest BCUT2D eigenvalue weighted by Crippen LogP contribution is 2.34. The number of nitrogens with zero attached hydrogens (tertiary/aromatic N) is 5. The van der Waals surface area contributed by atoms with E-state index in [0.717, 1.165) is 11.1 Å². The first kappa shape index (κ1) is 26.4. The minimum Gasteiger partial charge on any atom is -0.366 e. The number of tetrazole rings is 1. The molecule has 2 aromatic heterocycles. The lowest BCUT2D eigenvalue weighted by Gasteiger charge is -2.11. The number of aromatic nitrogens is 6. The summed E-state index contributed by atoms with van der Waals surface area (Å²) >= 11 is 18.9. The quantitative estimate of drug-likeness (QED) is 0.244. The van der Waals surface area contributed by atoms with Gasteiger partial charge in [0.05, 0.1) is 16.4 Å². The summed E-state index contributed by atoms with van der Waals surface area (Å²) in [5, 5.41) is 23.1. The maximum Gasteiger partial charge on any atom is 0.272 e. The number of nitrogens with one attached hydrogen (secondary N) is 2. The SMILES string of the molecule is NC(=O)c1ccc(CNC(=O)c2nn(-c3ccc(Cl)cc3Cl)c(-c3ccc(Cl)cc3)c2Cc2nn[nH]n2)cc1. The Balaban J connectivity index is 1.61. The third-order valence-corrected chi connectivity index (χ3v) is 6.66. The average Bonchev–Trinajstić information content (AvgIpc) is 3.57. The summed E-state index contributed by atoms with van der Waals surface area (Å²) in [6.07, 6.45) is 0.149. The van der Waals surface area contributed by atoms with E-state index in [1.807, 2.05) is 12.1 Å². The van der Waals surface area contributed by atoms with Crippen LogP contribution in [0, 0.1) is 0 Å². The van der Waals surface area contributed by atoms with Crippen LogP contribution in [0.2, 0.25) is 15.1 Å². The Morgan fingerprint density at radius 2 is 1.67 bits per heavy atom. The molecule has 0 fully saturated rings. The second kappa shape index (κ2) is 11.2. The predicted octanol–water partition coefficient (Wildman–Crippen LogP) is 4.63. The Morgan fingerprint density at radius 3 is 2.31 bits per heavy atom. The van der Waals surface area contributed by atoms with Crippen LogP contribution < -0.4 is 11.1 Å².